The van der Waals surface area contributed by atoms with Gasteiger partial charge in [0.05, 0.1) is 5.69 Å². The zero-order valence-electron chi connectivity index (χ0n) is 15.3. The van der Waals surface area contributed by atoms with E-state index in [9.17, 15) is 4.79 Å². The molecule has 2 aromatic heterocycles. The summed E-state index contributed by atoms with van der Waals surface area (Å²) in [5, 5.41) is 3.53. The van der Waals surface area contributed by atoms with Gasteiger partial charge in [-0.15, -0.1) is 0 Å². The number of nitrogens with one attached hydrogen (secondary N) is 1. The molecule has 4 nitrogen and oxygen atoms in total. The van der Waals surface area contributed by atoms with Gasteiger partial charge in [0.25, 0.3) is 0 Å². The van der Waals surface area contributed by atoms with Crippen molar-refractivity contribution in [2.75, 3.05) is 5.32 Å². The van der Waals surface area contributed by atoms with E-state index in [0.717, 1.165) is 28.2 Å². The Labute approximate surface area is 168 Å². The SMILES string of the molecule is Cc1ccn2cc(-c3ccc(NC(=O)/C=C/c4ccc(Cl)cc4)cc3)nc2c1. The molecule has 0 unspecified atom stereocenters. The van der Waals surface area contributed by atoms with Gasteiger partial charge in [0.1, 0.15) is 5.65 Å². The number of nitrogens with zero attached hydrogens (tertiary/aromatic N) is 2. The number of imidazole rings is 1. The van der Waals surface area contributed by atoms with Gasteiger partial charge < -0.3 is 9.72 Å². The highest BCUT2D eigenvalue weighted by Gasteiger charge is 2.05. The van der Waals surface area contributed by atoms with Crippen LogP contribution in [-0.2, 0) is 4.79 Å². The third kappa shape index (κ3) is 4.13. The second-order valence-corrected chi connectivity index (χ2v) is 6.98. The number of halogens is 1. The van der Waals surface area contributed by atoms with Gasteiger partial charge in [-0.1, -0.05) is 35.9 Å². The number of carbonyl (C=O) groups is 1. The molecular formula is C23H18ClN3O. The number of amides is 1. The summed E-state index contributed by atoms with van der Waals surface area (Å²) in [4.78, 5) is 16.8. The highest BCUT2D eigenvalue weighted by molar-refractivity contribution is 6.30. The topological polar surface area (TPSA) is 46.4 Å². The van der Waals surface area contributed by atoms with Crippen molar-refractivity contribution < 1.29 is 4.79 Å². The molecule has 0 bridgehead atoms. The van der Waals surface area contributed by atoms with Crippen LogP contribution in [0.25, 0.3) is 23.0 Å². The first-order valence-corrected chi connectivity index (χ1v) is 9.25. The van der Waals surface area contributed by atoms with Crippen molar-refractivity contribution in [3.05, 3.63) is 95.3 Å². The van der Waals surface area contributed by atoms with Crippen molar-refractivity contribution >= 4 is 34.9 Å². The van der Waals surface area contributed by atoms with Crippen molar-refractivity contribution in [2.45, 2.75) is 6.92 Å². The van der Waals surface area contributed by atoms with E-state index < -0.39 is 0 Å². The third-order valence-electron chi connectivity index (χ3n) is 4.36. The first-order valence-electron chi connectivity index (χ1n) is 8.87. The highest BCUT2D eigenvalue weighted by atomic mass is 35.5. The summed E-state index contributed by atoms with van der Waals surface area (Å²) in [6.45, 7) is 2.05. The molecule has 28 heavy (non-hydrogen) atoms. The van der Waals surface area contributed by atoms with Gasteiger partial charge in [-0.2, -0.15) is 0 Å². The predicted octanol–water partition coefficient (Wildman–Crippen LogP) is 5.62. The van der Waals surface area contributed by atoms with Gasteiger partial charge in [0, 0.05) is 34.7 Å². The maximum Gasteiger partial charge on any atom is 0.248 e. The summed E-state index contributed by atoms with van der Waals surface area (Å²) < 4.78 is 2.00. The lowest BCUT2D eigenvalue weighted by atomic mass is 10.1. The monoisotopic (exact) mass is 387 g/mol. The van der Waals surface area contributed by atoms with Crippen LogP contribution in [0.15, 0.2) is 79.1 Å². The van der Waals surface area contributed by atoms with E-state index in [1.165, 1.54) is 11.6 Å². The fourth-order valence-corrected chi connectivity index (χ4v) is 3.00. The molecule has 1 amide bonds. The molecule has 0 saturated carbocycles. The first-order chi connectivity index (χ1) is 13.6. The Kier molecular flexibility index (Phi) is 4.96. The Morgan fingerprint density at radius 1 is 1.07 bits per heavy atom. The minimum atomic E-state index is -0.189. The number of anilines is 1. The maximum absolute atomic E-state index is 12.1. The molecule has 0 spiro atoms. The average molecular weight is 388 g/mol. The van der Waals surface area contributed by atoms with Crippen molar-refractivity contribution in [1.82, 2.24) is 9.38 Å². The molecule has 1 N–H and O–H groups in total. The molecule has 0 aliphatic carbocycles. The first kappa shape index (κ1) is 18.0. The van der Waals surface area contributed by atoms with E-state index in [-0.39, 0.29) is 5.91 Å². The molecule has 0 saturated heterocycles. The van der Waals surface area contributed by atoms with E-state index in [1.807, 2.05) is 66.2 Å². The Bertz CT molecular complexity index is 1160. The molecule has 0 aliphatic heterocycles. The molecular weight excluding hydrogens is 370 g/mol. The lowest BCUT2D eigenvalue weighted by Crippen LogP contribution is -2.07. The van der Waals surface area contributed by atoms with Crippen LogP contribution < -0.4 is 5.32 Å². The summed E-state index contributed by atoms with van der Waals surface area (Å²) in [7, 11) is 0. The number of hydrogen-bond acceptors (Lipinski definition) is 2. The number of fused-ring (bicyclic) bond motifs is 1. The van der Waals surface area contributed by atoms with Crippen molar-refractivity contribution in [1.29, 1.82) is 0 Å². The normalized spacial score (nSPS) is 11.2. The van der Waals surface area contributed by atoms with Crippen LogP contribution in [-0.4, -0.2) is 15.3 Å². The predicted molar refractivity (Wildman–Crippen MR) is 114 cm³/mol. The van der Waals surface area contributed by atoms with Crippen LogP contribution in [0.4, 0.5) is 5.69 Å². The minimum absolute atomic E-state index is 0.189. The Balaban J connectivity index is 1.45. The number of rotatable bonds is 4. The number of aryl methyl sites for hydroxylation is 1. The van der Waals surface area contributed by atoms with E-state index in [1.54, 1.807) is 18.2 Å². The molecule has 5 heteroatoms. The number of benzene rings is 2. The average Bonchev–Trinajstić information content (AvgIpc) is 3.11. The van der Waals surface area contributed by atoms with Crippen LogP contribution >= 0.6 is 11.6 Å². The van der Waals surface area contributed by atoms with Crippen LogP contribution in [0.1, 0.15) is 11.1 Å². The lowest BCUT2D eigenvalue weighted by Gasteiger charge is -2.03. The molecule has 4 rings (SSSR count). The zero-order chi connectivity index (χ0) is 19.5. The Morgan fingerprint density at radius 3 is 2.57 bits per heavy atom. The van der Waals surface area contributed by atoms with E-state index >= 15 is 0 Å². The van der Waals surface area contributed by atoms with Gasteiger partial charge >= 0.3 is 0 Å². The highest BCUT2D eigenvalue weighted by Crippen LogP contribution is 2.22. The number of hydrogen-bond donors (Lipinski definition) is 1. The number of pyridine rings is 1. The van der Waals surface area contributed by atoms with E-state index in [0.29, 0.717) is 5.02 Å². The summed E-state index contributed by atoms with van der Waals surface area (Å²) in [6, 6.07) is 19.0. The van der Waals surface area contributed by atoms with E-state index in [4.69, 9.17) is 11.6 Å². The second kappa shape index (κ2) is 7.71. The molecule has 4 aromatic rings. The standard InChI is InChI=1S/C23H18ClN3O/c1-16-12-13-27-15-21(26-22(27)14-16)18-5-9-20(10-6-18)25-23(28)11-4-17-2-7-19(24)8-3-17/h2-15H,1H3,(H,25,28)/b11-4+. The molecule has 0 atom stereocenters. The Hall–Kier alpha value is -3.37. The van der Waals surface area contributed by atoms with Crippen LogP contribution in [0.3, 0.4) is 0 Å². The minimum Gasteiger partial charge on any atom is -0.323 e. The summed E-state index contributed by atoms with van der Waals surface area (Å²) in [5.41, 5.74) is 5.63. The third-order valence-corrected chi connectivity index (χ3v) is 4.61. The van der Waals surface area contributed by atoms with Crippen LogP contribution in [0.5, 0.6) is 0 Å². The molecule has 0 fully saturated rings. The maximum atomic E-state index is 12.1. The van der Waals surface area contributed by atoms with Crippen LogP contribution in [0.2, 0.25) is 5.02 Å². The number of carbonyl (C=O) groups excluding carboxylic acids is 1. The smallest absolute Gasteiger partial charge is 0.248 e. The fourth-order valence-electron chi connectivity index (χ4n) is 2.88. The van der Waals surface area contributed by atoms with Gasteiger partial charge in [-0.25, -0.2) is 4.98 Å². The lowest BCUT2D eigenvalue weighted by molar-refractivity contribution is -0.111. The fraction of sp³-hybridized carbons (Fsp3) is 0.0435. The molecule has 0 radical (unpaired) electrons. The molecule has 2 heterocycles. The Morgan fingerprint density at radius 2 is 1.82 bits per heavy atom. The zero-order valence-corrected chi connectivity index (χ0v) is 16.0. The van der Waals surface area contributed by atoms with Crippen molar-refractivity contribution in [3.63, 3.8) is 0 Å². The van der Waals surface area contributed by atoms with Crippen molar-refractivity contribution in [2.24, 2.45) is 0 Å². The van der Waals surface area contributed by atoms with Gasteiger partial charge in [-0.05, 0) is 60.5 Å². The summed E-state index contributed by atoms with van der Waals surface area (Å²) in [5.74, 6) is -0.189. The van der Waals surface area contributed by atoms with Crippen molar-refractivity contribution in [3.8, 4) is 11.3 Å². The number of aromatic nitrogens is 2. The molecule has 2 aromatic carbocycles. The molecule has 138 valence electrons. The second-order valence-electron chi connectivity index (χ2n) is 6.55. The molecule has 0 aliphatic rings. The van der Waals surface area contributed by atoms with Gasteiger partial charge in [0.15, 0.2) is 0 Å². The summed E-state index contributed by atoms with van der Waals surface area (Å²) >= 11 is 5.86. The quantitative estimate of drug-likeness (QED) is 0.462. The largest absolute Gasteiger partial charge is 0.323 e. The van der Waals surface area contributed by atoms with Gasteiger partial charge in [0.2, 0.25) is 5.91 Å². The van der Waals surface area contributed by atoms with Crippen LogP contribution in [0, 0.1) is 6.92 Å². The summed E-state index contributed by atoms with van der Waals surface area (Å²) in [6.07, 6.45) is 7.25. The van der Waals surface area contributed by atoms with Gasteiger partial charge in [-0.3, -0.25) is 4.79 Å². The van der Waals surface area contributed by atoms with E-state index in [2.05, 4.69) is 16.4 Å².